The summed E-state index contributed by atoms with van der Waals surface area (Å²) in [7, 11) is 1.36. The van der Waals surface area contributed by atoms with Gasteiger partial charge in [-0.3, -0.25) is 14.5 Å². The number of nitrogens with one attached hydrogen (secondary N) is 1. The van der Waals surface area contributed by atoms with Gasteiger partial charge in [0.1, 0.15) is 11.8 Å². The van der Waals surface area contributed by atoms with Crippen LogP contribution in [0.1, 0.15) is 22.3 Å². The van der Waals surface area contributed by atoms with Crippen LogP contribution >= 0.6 is 11.6 Å². The maximum atomic E-state index is 12.9. The van der Waals surface area contributed by atoms with Crippen LogP contribution in [0.15, 0.2) is 60.7 Å². The fourth-order valence-corrected chi connectivity index (χ4v) is 4.19. The van der Waals surface area contributed by atoms with Crippen molar-refractivity contribution in [2.45, 2.75) is 25.0 Å². The van der Waals surface area contributed by atoms with Gasteiger partial charge in [-0.1, -0.05) is 48.0 Å². The normalized spacial score (nSPS) is 18.8. The predicted molar refractivity (Wildman–Crippen MR) is 119 cm³/mol. The molecule has 1 heterocycles. The van der Waals surface area contributed by atoms with Gasteiger partial charge in [-0.15, -0.1) is 0 Å². The molecule has 0 bridgehead atoms. The Balaban J connectivity index is 1.50. The highest BCUT2D eigenvalue weighted by Gasteiger charge is 2.38. The molecular formula is C24H23ClN2O4. The lowest BCUT2D eigenvalue weighted by atomic mass is 10.0. The number of phenols is 1. The Morgan fingerprint density at radius 1 is 1.13 bits per heavy atom. The summed E-state index contributed by atoms with van der Waals surface area (Å²) in [5.41, 5.74) is 1.22. The molecule has 3 aromatic rings. The number of esters is 1. The summed E-state index contributed by atoms with van der Waals surface area (Å²) >= 11 is 5.96. The quantitative estimate of drug-likeness (QED) is 0.593. The van der Waals surface area contributed by atoms with Crippen LogP contribution in [0.4, 0.5) is 0 Å². The van der Waals surface area contributed by atoms with Crippen LogP contribution in [0.3, 0.4) is 0 Å². The Hall–Kier alpha value is -3.09. The topological polar surface area (TPSA) is 78.9 Å². The smallest absolute Gasteiger partial charge is 0.323 e. The average molecular weight is 439 g/mol. The van der Waals surface area contributed by atoms with Gasteiger partial charge in [-0.25, -0.2) is 0 Å². The predicted octanol–water partition coefficient (Wildman–Crippen LogP) is 3.74. The van der Waals surface area contributed by atoms with E-state index in [4.69, 9.17) is 16.3 Å². The Labute approximate surface area is 185 Å². The molecule has 1 saturated heterocycles. The lowest BCUT2D eigenvalue weighted by Gasteiger charge is -2.22. The number of carbonyl (C=O) groups is 2. The second-order valence-corrected chi connectivity index (χ2v) is 8.15. The fourth-order valence-electron chi connectivity index (χ4n) is 4.06. The van der Waals surface area contributed by atoms with Crippen LogP contribution in [0.5, 0.6) is 5.75 Å². The number of benzene rings is 3. The van der Waals surface area contributed by atoms with E-state index in [2.05, 4.69) is 5.32 Å². The molecule has 0 saturated carbocycles. The zero-order chi connectivity index (χ0) is 22.0. The number of hydrogen-bond donors (Lipinski definition) is 2. The van der Waals surface area contributed by atoms with Crippen molar-refractivity contribution < 1.29 is 19.4 Å². The molecular weight excluding hydrogens is 416 g/mol. The first-order valence-electron chi connectivity index (χ1n) is 10.0. The molecule has 0 aliphatic carbocycles. The lowest BCUT2D eigenvalue weighted by Crippen LogP contribution is -2.37. The highest BCUT2D eigenvalue weighted by Crippen LogP contribution is 2.27. The number of nitrogens with zero attached hydrogens (tertiary/aromatic N) is 1. The summed E-state index contributed by atoms with van der Waals surface area (Å²) in [5.74, 6) is -0.777. The Bertz CT molecular complexity index is 1120. The van der Waals surface area contributed by atoms with Gasteiger partial charge in [0, 0.05) is 24.2 Å². The monoisotopic (exact) mass is 438 g/mol. The highest BCUT2D eigenvalue weighted by molar-refractivity contribution is 6.30. The second-order valence-electron chi connectivity index (χ2n) is 7.72. The minimum Gasteiger partial charge on any atom is -0.507 e. The van der Waals surface area contributed by atoms with Crippen molar-refractivity contribution >= 4 is 34.2 Å². The minimum absolute atomic E-state index is 0.0725. The lowest BCUT2D eigenvalue weighted by molar-refractivity contribution is -0.146. The Morgan fingerprint density at radius 2 is 1.81 bits per heavy atom. The van der Waals surface area contributed by atoms with Crippen LogP contribution in [-0.4, -0.2) is 47.6 Å². The zero-order valence-corrected chi connectivity index (χ0v) is 17.8. The molecule has 0 unspecified atom stereocenters. The molecule has 2 N–H and O–H groups in total. The Kier molecular flexibility index (Phi) is 6.11. The molecule has 6 nitrogen and oxygen atoms in total. The SMILES string of the molecule is COC(=O)[C@@H]1C[C@@H](NC(=O)c2cc3ccccc3cc2O)CN1Cc1ccc(Cl)cc1. The van der Waals surface area contributed by atoms with Crippen molar-refractivity contribution in [2.75, 3.05) is 13.7 Å². The van der Waals surface area contributed by atoms with Gasteiger partial charge in [0.15, 0.2) is 0 Å². The number of methoxy groups -OCH3 is 1. The van der Waals surface area contributed by atoms with Crippen molar-refractivity contribution in [3.63, 3.8) is 0 Å². The summed E-state index contributed by atoms with van der Waals surface area (Å²) in [4.78, 5) is 27.2. The van der Waals surface area contributed by atoms with Crippen molar-refractivity contribution in [2.24, 2.45) is 0 Å². The van der Waals surface area contributed by atoms with E-state index in [1.165, 1.54) is 7.11 Å². The molecule has 1 amide bonds. The number of hydrogen-bond acceptors (Lipinski definition) is 5. The van der Waals surface area contributed by atoms with Crippen molar-refractivity contribution in [1.29, 1.82) is 0 Å². The van der Waals surface area contributed by atoms with Crippen molar-refractivity contribution in [1.82, 2.24) is 10.2 Å². The van der Waals surface area contributed by atoms with E-state index >= 15 is 0 Å². The third-order valence-electron chi connectivity index (χ3n) is 5.62. The first-order valence-corrected chi connectivity index (χ1v) is 10.4. The van der Waals surface area contributed by atoms with Crippen LogP contribution in [0.2, 0.25) is 5.02 Å². The number of rotatable bonds is 5. The summed E-state index contributed by atoms with van der Waals surface area (Å²) < 4.78 is 4.97. The minimum atomic E-state index is -0.462. The molecule has 1 aliphatic heterocycles. The number of phenolic OH excluding ortho intramolecular Hbond substituents is 1. The molecule has 1 fully saturated rings. The molecule has 4 rings (SSSR count). The number of amides is 1. The van der Waals surface area contributed by atoms with E-state index in [-0.39, 0.29) is 29.2 Å². The summed E-state index contributed by atoms with van der Waals surface area (Å²) in [6.07, 6.45) is 0.431. The van der Waals surface area contributed by atoms with E-state index in [9.17, 15) is 14.7 Å². The third-order valence-corrected chi connectivity index (χ3v) is 5.87. The van der Waals surface area contributed by atoms with Gasteiger partial charge in [-0.05, 0) is 47.0 Å². The molecule has 0 radical (unpaired) electrons. The average Bonchev–Trinajstić information content (AvgIpc) is 3.16. The standard InChI is InChI=1S/C24H23ClN2O4/c1-31-24(30)21-12-19(14-27(21)13-15-6-8-18(25)9-7-15)26-23(29)20-10-16-4-2-3-5-17(16)11-22(20)28/h2-11,19,21,28H,12-14H2,1H3,(H,26,29)/t19-,21+/m1/s1. The van der Waals surface area contributed by atoms with E-state index in [0.717, 1.165) is 16.3 Å². The largest absolute Gasteiger partial charge is 0.507 e. The second kappa shape index (κ2) is 8.96. The Morgan fingerprint density at radius 3 is 2.48 bits per heavy atom. The number of carbonyl (C=O) groups excluding carboxylic acids is 2. The number of fused-ring (bicyclic) bond motifs is 1. The van der Waals surface area contributed by atoms with Crippen molar-refractivity contribution in [3.05, 3.63) is 76.8 Å². The van der Waals surface area contributed by atoms with Gasteiger partial charge in [0.25, 0.3) is 5.91 Å². The number of ether oxygens (including phenoxy) is 1. The number of halogens is 1. The molecule has 160 valence electrons. The maximum absolute atomic E-state index is 12.9. The van der Waals surface area contributed by atoms with Gasteiger partial charge in [-0.2, -0.15) is 0 Å². The molecule has 3 aromatic carbocycles. The zero-order valence-electron chi connectivity index (χ0n) is 17.0. The van der Waals surface area contributed by atoms with E-state index in [0.29, 0.717) is 24.5 Å². The van der Waals surface area contributed by atoms with Gasteiger partial charge in [0.2, 0.25) is 0 Å². The van der Waals surface area contributed by atoms with Gasteiger partial charge in [0.05, 0.1) is 12.7 Å². The molecule has 0 aromatic heterocycles. The van der Waals surface area contributed by atoms with Crippen LogP contribution < -0.4 is 5.32 Å². The van der Waals surface area contributed by atoms with E-state index in [1.807, 2.05) is 53.4 Å². The molecule has 1 aliphatic rings. The van der Waals surface area contributed by atoms with Crippen LogP contribution in [-0.2, 0) is 16.1 Å². The summed E-state index contributed by atoms with van der Waals surface area (Å²) in [6.45, 7) is 1.02. The number of likely N-dealkylation sites (tertiary alicyclic amines) is 1. The van der Waals surface area contributed by atoms with Crippen molar-refractivity contribution in [3.8, 4) is 5.75 Å². The van der Waals surface area contributed by atoms with E-state index in [1.54, 1.807) is 12.1 Å². The molecule has 0 spiro atoms. The third kappa shape index (κ3) is 4.65. The fraction of sp³-hybridized carbons (Fsp3) is 0.250. The van der Waals surface area contributed by atoms with Crippen LogP contribution in [0, 0.1) is 0 Å². The van der Waals surface area contributed by atoms with E-state index < -0.39 is 6.04 Å². The first kappa shape index (κ1) is 21.2. The number of aromatic hydroxyl groups is 1. The maximum Gasteiger partial charge on any atom is 0.323 e. The van der Waals surface area contributed by atoms with Crippen LogP contribution in [0.25, 0.3) is 10.8 Å². The molecule has 7 heteroatoms. The van der Waals surface area contributed by atoms with Gasteiger partial charge < -0.3 is 15.2 Å². The summed E-state index contributed by atoms with van der Waals surface area (Å²) in [6, 6.07) is 17.5. The molecule has 31 heavy (non-hydrogen) atoms. The molecule has 2 atom stereocenters. The highest BCUT2D eigenvalue weighted by atomic mass is 35.5. The first-order chi connectivity index (χ1) is 14.9. The van der Waals surface area contributed by atoms with Gasteiger partial charge >= 0.3 is 5.97 Å². The summed E-state index contributed by atoms with van der Waals surface area (Å²) in [5, 5.41) is 15.7.